The van der Waals surface area contributed by atoms with Crippen molar-refractivity contribution < 1.29 is 13.2 Å². The zero-order valence-corrected chi connectivity index (χ0v) is 10.2. The first-order chi connectivity index (χ1) is 8.50. The molecule has 0 aliphatic carbocycles. The molecular formula is C13H17F3N2. The fourth-order valence-corrected chi connectivity index (χ4v) is 2.01. The van der Waals surface area contributed by atoms with Gasteiger partial charge >= 0.3 is 6.18 Å². The van der Waals surface area contributed by atoms with E-state index < -0.39 is 12.2 Å². The lowest BCUT2D eigenvalue weighted by Gasteiger charge is -2.33. The van der Waals surface area contributed by atoms with Gasteiger partial charge in [-0.05, 0) is 17.5 Å². The minimum absolute atomic E-state index is 0.0955. The molecule has 1 aromatic carbocycles. The summed E-state index contributed by atoms with van der Waals surface area (Å²) in [7, 11) is 0. The number of alkyl halides is 3. The Morgan fingerprint density at radius 1 is 1.39 bits per heavy atom. The minimum Gasteiger partial charge on any atom is -0.314 e. The standard InChI is InChI=1S/C13H17F3N2/c1-2-9-4-3-5-10(6-9)12(13(14,15)16)18-11-7-17-8-11/h3-6,11-12,17-18H,2,7-8H2,1H3. The lowest BCUT2D eigenvalue weighted by Crippen LogP contribution is -2.57. The molecule has 1 saturated heterocycles. The summed E-state index contributed by atoms with van der Waals surface area (Å²) < 4.78 is 39.2. The summed E-state index contributed by atoms with van der Waals surface area (Å²) in [5, 5.41) is 5.64. The van der Waals surface area contributed by atoms with E-state index in [-0.39, 0.29) is 6.04 Å². The van der Waals surface area contributed by atoms with Crippen LogP contribution in [0.2, 0.25) is 0 Å². The Bertz CT molecular complexity index is 399. The molecule has 1 atom stereocenters. The summed E-state index contributed by atoms with van der Waals surface area (Å²) in [5.74, 6) is 0. The molecule has 1 unspecified atom stereocenters. The first-order valence-electron chi connectivity index (χ1n) is 6.13. The number of benzene rings is 1. The molecule has 1 aliphatic heterocycles. The fourth-order valence-electron chi connectivity index (χ4n) is 2.01. The van der Waals surface area contributed by atoms with Gasteiger partial charge in [0.25, 0.3) is 0 Å². The Morgan fingerprint density at radius 3 is 2.61 bits per heavy atom. The van der Waals surface area contributed by atoms with Crippen molar-refractivity contribution in [2.45, 2.75) is 31.6 Å². The minimum atomic E-state index is -4.26. The molecule has 0 radical (unpaired) electrons. The van der Waals surface area contributed by atoms with Gasteiger partial charge in [0.2, 0.25) is 0 Å². The second-order valence-electron chi connectivity index (χ2n) is 4.60. The third kappa shape index (κ3) is 3.03. The number of hydrogen-bond acceptors (Lipinski definition) is 2. The van der Waals surface area contributed by atoms with E-state index in [4.69, 9.17) is 0 Å². The summed E-state index contributed by atoms with van der Waals surface area (Å²) in [5.41, 5.74) is 1.23. The van der Waals surface area contributed by atoms with Crippen LogP contribution in [0.25, 0.3) is 0 Å². The average Bonchev–Trinajstić information content (AvgIpc) is 2.25. The second kappa shape index (κ2) is 5.28. The maximum absolute atomic E-state index is 13.1. The van der Waals surface area contributed by atoms with Crippen LogP contribution in [-0.4, -0.2) is 25.3 Å². The fraction of sp³-hybridized carbons (Fsp3) is 0.538. The van der Waals surface area contributed by atoms with Crippen LogP contribution in [0.4, 0.5) is 13.2 Å². The van der Waals surface area contributed by atoms with Crippen LogP contribution in [0.3, 0.4) is 0 Å². The number of aryl methyl sites for hydroxylation is 1. The molecule has 1 aromatic rings. The average molecular weight is 258 g/mol. The zero-order valence-electron chi connectivity index (χ0n) is 10.2. The lowest BCUT2D eigenvalue weighted by atomic mass is 10.0. The number of halogens is 3. The second-order valence-corrected chi connectivity index (χ2v) is 4.60. The number of hydrogen-bond donors (Lipinski definition) is 2. The van der Waals surface area contributed by atoms with E-state index in [1.165, 1.54) is 6.07 Å². The Morgan fingerprint density at radius 2 is 2.11 bits per heavy atom. The molecule has 1 heterocycles. The third-order valence-corrected chi connectivity index (χ3v) is 3.20. The lowest BCUT2D eigenvalue weighted by molar-refractivity contribution is -0.160. The monoisotopic (exact) mass is 258 g/mol. The summed E-state index contributed by atoms with van der Waals surface area (Å²) >= 11 is 0. The van der Waals surface area contributed by atoms with Gasteiger partial charge in [-0.2, -0.15) is 13.2 Å². The van der Waals surface area contributed by atoms with Gasteiger partial charge in [-0.3, -0.25) is 5.32 Å². The molecule has 0 bridgehead atoms. The first kappa shape index (κ1) is 13.4. The summed E-state index contributed by atoms with van der Waals surface area (Å²) in [6, 6.07) is 5.04. The predicted octanol–water partition coefficient (Wildman–Crippen LogP) is 2.41. The Hall–Kier alpha value is -1.07. The summed E-state index contributed by atoms with van der Waals surface area (Å²) in [6.07, 6.45) is -3.52. The van der Waals surface area contributed by atoms with Gasteiger partial charge in [0, 0.05) is 19.1 Å². The van der Waals surface area contributed by atoms with Crippen LogP contribution >= 0.6 is 0 Å². The van der Waals surface area contributed by atoms with E-state index >= 15 is 0 Å². The van der Waals surface area contributed by atoms with Crippen LogP contribution in [0, 0.1) is 0 Å². The van der Waals surface area contributed by atoms with Crippen LogP contribution in [-0.2, 0) is 6.42 Å². The van der Waals surface area contributed by atoms with Crippen LogP contribution in [0.5, 0.6) is 0 Å². The van der Waals surface area contributed by atoms with Gasteiger partial charge in [0.15, 0.2) is 0 Å². The van der Waals surface area contributed by atoms with E-state index in [9.17, 15) is 13.2 Å². The van der Waals surface area contributed by atoms with Crippen LogP contribution in [0.1, 0.15) is 24.1 Å². The highest BCUT2D eigenvalue weighted by Crippen LogP contribution is 2.33. The van der Waals surface area contributed by atoms with Crippen LogP contribution < -0.4 is 10.6 Å². The van der Waals surface area contributed by atoms with Crippen molar-refractivity contribution in [1.29, 1.82) is 0 Å². The Labute approximate surface area is 105 Å². The van der Waals surface area contributed by atoms with Crippen molar-refractivity contribution in [1.82, 2.24) is 10.6 Å². The summed E-state index contributed by atoms with van der Waals surface area (Å²) in [4.78, 5) is 0. The highest BCUT2D eigenvalue weighted by molar-refractivity contribution is 5.27. The highest BCUT2D eigenvalue weighted by Gasteiger charge is 2.42. The van der Waals surface area contributed by atoms with E-state index in [0.717, 1.165) is 12.0 Å². The molecule has 1 aliphatic rings. The maximum atomic E-state index is 13.1. The molecule has 1 fully saturated rings. The quantitative estimate of drug-likeness (QED) is 0.866. The van der Waals surface area contributed by atoms with Gasteiger partial charge in [-0.1, -0.05) is 31.2 Å². The first-order valence-corrected chi connectivity index (χ1v) is 6.13. The Kier molecular flexibility index (Phi) is 3.92. The van der Waals surface area contributed by atoms with E-state index in [0.29, 0.717) is 18.7 Å². The molecule has 0 aromatic heterocycles. The highest BCUT2D eigenvalue weighted by atomic mass is 19.4. The number of nitrogens with one attached hydrogen (secondary N) is 2. The Balaban J connectivity index is 2.20. The van der Waals surface area contributed by atoms with Gasteiger partial charge in [0.1, 0.15) is 6.04 Å². The van der Waals surface area contributed by atoms with E-state index in [1.807, 2.05) is 13.0 Å². The topological polar surface area (TPSA) is 24.1 Å². The molecule has 0 spiro atoms. The maximum Gasteiger partial charge on any atom is 0.407 e. The molecule has 2 N–H and O–H groups in total. The number of rotatable bonds is 4. The molecule has 0 amide bonds. The molecule has 0 saturated carbocycles. The van der Waals surface area contributed by atoms with Gasteiger partial charge in [-0.15, -0.1) is 0 Å². The van der Waals surface area contributed by atoms with E-state index in [2.05, 4.69) is 10.6 Å². The van der Waals surface area contributed by atoms with Gasteiger partial charge < -0.3 is 5.32 Å². The van der Waals surface area contributed by atoms with Crippen LogP contribution in [0.15, 0.2) is 24.3 Å². The molecular weight excluding hydrogens is 241 g/mol. The molecule has 18 heavy (non-hydrogen) atoms. The SMILES string of the molecule is CCc1cccc(C(NC2CNC2)C(F)(F)F)c1. The molecule has 5 heteroatoms. The van der Waals surface area contributed by atoms with Gasteiger partial charge in [-0.25, -0.2) is 0 Å². The zero-order chi connectivity index (χ0) is 13.2. The molecule has 2 rings (SSSR count). The van der Waals surface area contributed by atoms with Crippen molar-refractivity contribution in [3.8, 4) is 0 Å². The van der Waals surface area contributed by atoms with Gasteiger partial charge in [0.05, 0.1) is 0 Å². The summed E-state index contributed by atoms with van der Waals surface area (Å²) in [6.45, 7) is 3.13. The smallest absolute Gasteiger partial charge is 0.314 e. The van der Waals surface area contributed by atoms with Crippen molar-refractivity contribution in [3.05, 3.63) is 35.4 Å². The van der Waals surface area contributed by atoms with Crippen molar-refractivity contribution >= 4 is 0 Å². The van der Waals surface area contributed by atoms with E-state index in [1.54, 1.807) is 12.1 Å². The largest absolute Gasteiger partial charge is 0.407 e. The molecule has 2 nitrogen and oxygen atoms in total. The van der Waals surface area contributed by atoms with Crippen molar-refractivity contribution in [3.63, 3.8) is 0 Å². The molecule has 100 valence electrons. The normalized spacial score (nSPS) is 18.4. The third-order valence-electron chi connectivity index (χ3n) is 3.20. The van der Waals surface area contributed by atoms with Crippen molar-refractivity contribution in [2.75, 3.05) is 13.1 Å². The van der Waals surface area contributed by atoms with Crippen molar-refractivity contribution in [2.24, 2.45) is 0 Å². The predicted molar refractivity (Wildman–Crippen MR) is 64.4 cm³/mol.